The molecule has 26 heavy (non-hydrogen) atoms. The van der Waals surface area contributed by atoms with Crippen molar-refractivity contribution in [3.05, 3.63) is 70.7 Å². The number of aliphatic imine (C=N–C) groups is 1. The molecule has 0 radical (unpaired) electrons. The van der Waals surface area contributed by atoms with E-state index in [2.05, 4.69) is 20.9 Å². The highest BCUT2D eigenvalue weighted by Crippen LogP contribution is 2.15. The van der Waals surface area contributed by atoms with Crippen molar-refractivity contribution < 1.29 is 4.79 Å². The Kier molecular flexibility index (Phi) is 8.49. The number of guanidine groups is 1. The quantitative estimate of drug-likeness (QED) is 0.379. The van der Waals surface area contributed by atoms with Crippen molar-refractivity contribution >= 4 is 23.5 Å². The summed E-state index contributed by atoms with van der Waals surface area (Å²) in [5.41, 5.74) is 1.75. The molecule has 0 saturated carbocycles. The van der Waals surface area contributed by atoms with Gasteiger partial charge in [0, 0.05) is 36.8 Å². The van der Waals surface area contributed by atoms with Gasteiger partial charge in [-0.25, -0.2) is 0 Å². The molecule has 2 aromatic carbocycles. The van der Waals surface area contributed by atoms with E-state index in [1.807, 2.05) is 49.4 Å². The van der Waals surface area contributed by atoms with E-state index >= 15 is 0 Å². The lowest BCUT2D eigenvalue weighted by Crippen LogP contribution is -2.41. The van der Waals surface area contributed by atoms with E-state index in [0.29, 0.717) is 25.2 Å². The van der Waals surface area contributed by atoms with E-state index in [1.165, 1.54) is 0 Å². The van der Waals surface area contributed by atoms with E-state index < -0.39 is 0 Å². The lowest BCUT2D eigenvalue weighted by molar-refractivity contribution is 0.0954. The molecule has 0 aliphatic heterocycles. The molecule has 2 aromatic rings. The second kappa shape index (κ2) is 11.2. The van der Waals surface area contributed by atoms with Gasteiger partial charge in [0.2, 0.25) is 0 Å². The first-order chi connectivity index (χ1) is 12.7. The van der Waals surface area contributed by atoms with Crippen LogP contribution in [0.4, 0.5) is 0 Å². The Hall–Kier alpha value is -2.53. The molecule has 0 aromatic heterocycles. The number of rotatable bonds is 8. The fraction of sp³-hybridized carbons (Fsp3) is 0.300. The summed E-state index contributed by atoms with van der Waals surface area (Å²) in [4.78, 5) is 16.5. The van der Waals surface area contributed by atoms with Crippen molar-refractivity contribution in [2.24, 2.45) is 4.99 Å². The predicted octanol–water partition coefficient (Wildman–Crippen LogP) is 2.87. The molecule has 138 valence electrons. The van der Waals surface area contributed by atoms with Crippen LogP contribution in [0.2, 0.25) is 5.02 Å². The van der Waals surface area contributed by atoms with Gasteiger partial charge in [-0.2, -0.15) is 0 Å². The van der Waals surface area contributed by atoms with Gasteiger partial charge in [-0.3, -0.25) is 9.79 Å². The fourth-order valence-electron chi connectivity index (χ4n) is 2.38. The smallest absolute Gasteiger partial charge is 0.251 e. The molecule has 0 fully saturated rings. The number of carbonyl (C=O) groups excluding carboxylic acids is 1. The van der Waals surface area contributed by atoms with Crippen molar-refractivity contribution in [3.63, 3.8) is 0 Å². The van der Waals surface area contributed by atoms with Gasteiger partial charge < -0.3 is 16.0 Å². The highest BCUT2D eigenvalue weighted by molar-refractivity contribution is 6.31. The van der Waals surface area contributed by atoms with Gasteiger partial charge in [-0.05, 0) is 37.1 Å². The minimum Gasteiger partial charge on any atom is -0.357 e. The van der Waals surface area contributed by atoms with Gasteiger partial charge in [-0.1, -0.05) is 48.0 Å². The number of hydrogen-bond donors (Lipinski definition) is 3. The number of amides is 1. The summed E-state index contributed by atoms with van der Waals surface area (Å²) < 4.78 is 0. The molecule has 6 heteroatoms. The van der Waals surface area contributed by atoms with E-state index in [9.17, 15) is 4.79 Å². The summed E-state index contributed by atoms with van der Waals surface area (Å²) in [6, 6.07) is 17.0. The standard InChI is InChI=1S/C20H25ClN4O/c1-2-22-20(24-13-12-16-8-6-7-11-18(16)21)25-15-14-23-19(26)17-9-4-3-5-10-17/h3-11H,2,12-15H2,1H3,(H,23,26)(H2,22,24,25). The van der Waals surface area contributed by atoms with Gasteiger partial charge >= 0.3 is 0 Å². The van der Waals surface area contributed by atoms with Crippen LogP contribution in [-0.2, 0) is 6.42 Å². The number of nitrogens with one attached hydrogen (secondary N) is 3. The Morgan fingerprint density at radius 1 is 0.962 bits per heavy atom. The predicted molar refractivity (Wildman–Crippen MR) is 108 cm³/mol. The number of nitrogens with zero attached hydrogens (tertiary/aromatic N) is 1. The fourth-order valence-corrected chi connectivity index (χ4v) is 2.61. The van der Waals surface area contributed by atoms with Crippen LogP contribution in [0, 0.1) is 0 Å². The first-order valence-corrected chi connectivity index (χ1v) is 9.17. The summed E-state index contributed by atoms with van der Waals surface area (Å²) in [5.74, 6) is 0.654. The second-order valence-electron chi connectivity index (χ2n) is 5.65. The highest BCUT2D eigenvalue weighted by atomic mass is 35.5. The molecule has 2 rings (SSSR count). The normalized spacial score (nSPS) is 11.1. The molecular formula is C20H25ClN4O. The average Bonchev–Trinajstić information content (AvgIpc) is 2.67. The average molecular weight is 373 g/mol. The van der Waals surface area contributed by atoms with Crippen LogP contribution in [0.5, 0.6) is 0 Å². The SMILES string of the molecule is CCNC(=NCCc1ccccc1Cl)NCCNC(=O)c1ccccc1. The Labute approximate surface area is 159 Å². The molecule has 0 spiro atoms. The van der Waals surface area contributed by atoms with Crippen LogP contribution in [0.25, 0.3) is 0 Å². The Bertz CT molecular complexity index is 719. The third kappa shape index (κ3) is 6.76. The number of benzene rings is 2. The van der Waals surface area contributed by atoms with Crippen molar-refractivity contribution in [1.82, 2.24) is 16.0 Å². The summed E-state index contributed by atoms with van der Waals surface area (Å²) in [5, 5.41) is 10.1. The maximum Gasteiger partial charge on any atom is 0.251 e. The number of halogens is 1. The van der Waals surface area contributed by atoms with Gasteiger partial charge in [-0.15, -0.1) is 0 Å². The van der Waals surface area contributed by atoms with E-state index in [-0.39, 0.29) is 5.91 Å². The first-order valence-electron chi connectivity index (χ1n) is 8.79. The zero-order valence-electron chi connectivity index (χ0n) is 15.0. The lowest BCUT2D eigenvalue weighted by atomic mass is 10.1. The van der Waals surface area contributed by atoms with E-state index in [0.717, 1.165) is 29.5 Å². The monoisotopic (exact) mass is 372 g/mol. The number of carbonyl (C=O) groups is 1. The number of hydrogen-bond acceptors (Lipinski definition) is 2. The molecule has 0 heterocycles. The first kappa shape index (κ1) is 19.8. The largest absolute Gasteiger partial charge is 0.357 e. The van der Waals surface area contributed by atoms with Gasteiger partial charge in [0.05, 0.1) is 0 Å². The molecule has 1 amide bonds. The van der Waals surface area contributed by atoms with Crippen LogP contribution in [0.15, 0.2) is 59.6 Å². The van der Waals surface area contributed by atoms with Crippen LogP contribution in [0.1, 0.15) is 22.8 Å². The highest BCUT2D eigenvalue weighted by Gasteiger charge is 2.03. The summed E-state index contributed by atoms with van der Waals surface area (Å²) in [6.07, 6.45) is 0.779. The van der Waals surface area contributed by atoms with Crippen molar-refractivity contribution in [1.29, 1.82) is 0 Å². The van der Waals surface area contributed by atoms with Crippen molar-refractivity contribution in [3.8, 4) is 0 Å². The molecule has 0 unspecified atom stereocenters. The Morgan fingerprint density at radius 2 is 1.65 bits per heavy atom. The molecular weight excluding hydrogens is 348 g/mol. The maximum atomic E-state index is 12.0. The molecule has 0 atom stereocenters. The van der Waals surface area contributed by atoms with Gasteiger partial charge in [0.15, 0.2) is 5.96 Å². The summed E-state index contributed by atoms with van der Waals surface area (Å²) in [7, 11) is 0. The third-order valence-electron chi connectivity index (χ3n) is 3.69. The van der Waals surface area contributed by atoms with Crippen LogP contribution in [0.3, 0.4) is 0 Å². The molecule has 0 bridgehead atoms. The molecule has 0 aliphatic carbocycles. The third-order valence-corrected chi connectivity index (χ3v) is 4.06. The van der Waals surface area contributed by atoms with Crippen LogP contribution in [-0.4, -0.2) is 38.0 Å². The van der Waals surface area contributed by atoms with Crippen LogP contribution >= 0.6 is 11.6 Å². The van der Waals surface area contributed by atoms with E-state index in [1.54, 1.807) is 12.1 Å². The zero-order valence-corrected chi connectivity index (χ0v) is 15.7. The Morgan fingerprint density at radius 3 is 2.38 bits per heavy atom. The topological polar surface area (TPSA) is 65.5 Å². The van der Waals surface area contributed by atoms with Gasteiger partial charge in [0.1, 0.15) is 0 Å². The molecule has 3 N–H and O–H groups in total. The summed E-state index contributed by atoms with van der Waals surface area (Å²) in [6.45, 7) is 4.53. The lowest BCUT2D eigenvalue weighted by Gasteiger charge is -2.12. The minimum absolute atomic E-state index is 0.0759. The van der Waals surface area contributed by atoms with Crippen molar-refractivity contribution in [2.75, 3.05) is 26.2 Å². The van der Waals surface area contributed by atoms with E-state index in [4.69, 9.17) is 11.6 Å². The second-order valence-corrected chi connectivity index (χ2v) is 6.06. The van der Waals surface area contributed by atoms with Crippen LogP contribution < -0.4 is 16.0 Å². The molecule has 0 aliphatic rings. The molecule has 0 saturated heterocycles. The summed E-state index contributed by atoms with van der Waals surface area (Å²) >= 11 is 6.16. The van der Waals surface area contributed by atoms with Crippen molar-refractivity contribution in [2.45, 2.75) is 13.3 Å². The minimum atomic E-state index is -0.0759. The maximum absolute atomic E-state index is 12.0. The zero-order chi connectivity index (χ0) is 18.6. The molecule has 5 nitrogen and oxygen atoms in total. The Balaban J connectivity index is 1.75. The van der Waals surface area contributed by atoms with Gasteiger partial charge in [0.25, 0.3) is 5.91 Å².